The summed E-state index contributed by atoms with van der Waals surface area (Å²) in [4.78, 5) is 24.5. The third kappa shape index (κ3) is 6.31. The maximum Gasteiger partial charge on any atom is 0.335 e. The van der Waals surface area contributed by atoms with Gasteiger partial charge in [-0.25, -0.2) is 9.59 Å². The highest BCUT2D eigenvalue weighted by molar-refractivity contribution is 6.01. The van der Waals surface area contributed by atoms with Crippen LogP contribution in [0.5, 0.6) is 17.2 Å². The first-order valence-corrected chi connectivity index (χ1v) is 12.1. The standard InChI is InChI=1S/C31H30N2O5/c1-31(2,3)25-13-5-6-14-27(25)38-28-16-15-21(20-9-7-10-22(17-20)29(34)35)18-26(28)33-30(36)32-23-11-8-12-24(19-23)37-4/h5-19H,1-4H3,(H,34,35)(H2,32,33,36). The van der Waals surface area contributed by atoms with Crippen LogP contribution in [0, 0.1) is 0 Å². The van der Waals surface area contributed by atoms with E-state index in [0.29, 0.717) is 34.2 Å². The van der Waals surface area contributed by atoms with Crippen LogP contribution >= 0.6 is 0 Å². The Bertz CT molecular complexity index is 1470. The van der Waals surface area contributed by atoms with E-state index >= 15 is 0 Å². The van der Waals surface area contributed by atoms with E-state index in [1.54, 1.807) is 55.6 Å². The number of amides is 2. The van der Waals surface area contributed by atoms with E-state index in [1.807, 2.05) is 36.4 Å². The van der Waals surface area contributed by atoms with Crippen molar-refractivity contribution in [3.63, 3.8) is 0 Å². The number of carboxylic acids is 1. The molecule has 0 fully saturated rings. The van der Waals surface area contributed by atoms with Crippen LogP contribution in [0.3, 0.4) is 0 Å². The summed E-state index contributed by atoms with van der Waals surface area (Å²) in [6.45, 7) is 6.32. The molecule has 0 saturated heterocycles. The van der Waals surface area contributed by atoms with Crippen LogP contribution in [0.2, 0.25) is 0 Å². The Hall–Kier alpha value is -4.78. The minimum Gasteiger partial charge on any atom is -0.497 e. The fourth-order valence-electron chi connectivity index (χ4n) is 4.01. The van der Waals surface area contributed by atoms with Gasteiger partial charge >= 0.3 is 12.0 Å². The summed E-state index contributed by atoms with van der Waals surface area (Å²) in [5.41, 5.74) is 3.44. The molecule has 4 aromatic rings. The average Bonchev–Trinajstić information content (AvgIpc) is 2.89. The molecule has 2 amide bonds. The number of ether oxygens (including phenoxy) is 2. The lowest BCUT2D eigenvalue weighted by Gasteiger charge is -2.23. The molecule has 0 radical (unpaired) electrons. The van der Waals surface area contributed by atoms with E-state index in [9.17, 15) is 14.7 Å². The van der Waals surface area contributed by atoms with Crippen LogP contribution in [0.1, 0.15) is 36.7 Å². The molecule has 0 aliphatic carbocycles. The quantitative estimate of drug-likeness (QED) is 0.236. The molecule has 4 rings (SSSR count). The Labute approximate surface area is 222 Å². The smallest absolute Gasteiger partial charge is 0.335 e. The van der Waals surface area contributed by atoms with E-state index in [0.717, 1.165) is 11.1 Å². The fraction of sp³-hybridized carbons (Fsp3) is 0.161. The topological polar surface area (TPSA) is 96.9 Å². The molecule has 3 N–H and O–H groups in total. The number of benzene rings is 4. The van der Waals surface area contributed by atoms with Crippen molar-refractivity contribution < 1.29 is 24.2 Å². The zero-order chi connectivity index (χ0) is 27.3. The van der Waals surface area contributed by atoms with Crippen molar-refractivity contribution >= 4 is 23.4 Å². The molecule has 0 aliphatic rings. The number of carbonyl (C=O) groups is 2. The highest BCUT2D eigenvalue weighted by Gasteiger charge is 2.20. The van der Waals surface area contributed by atoms with Gasteiger partial charge in [-0.3, -0.25) is 0 Å². The largest absolute Gasteiger partial charge is 0.497 e. The second kappa shape index (κ2) is 11.1. The van der Waals surface area contributed by atoms with Crippen LogP contribution in [0.25, 0.3) is 11.1 Å². The number of methoxy groups -OCH3 is 1. The van der Waals surface area contributed by atoms with E-state index < -0.39 is 12.0 Å². The van der Waals surface area contributed by atoms with Crippen molar-refractivity contribution in [3.05, 3.63) is 102 Å². The first-order chi connectivity index (χ1) is 18.1. The summed E-state index contributed by atoms with van der Waals surface area (Å²) in [6, 6.07) is 26.3. The van der Waals surface area contributed by atoms with Crippen LogP contribution < -0.4 is 20.1 Å². The number of para-hydroxylation sites is 1. The Morgan fingerprint density at radius 1 is 0.763 bits per heavy atom. The van der Waals surface area contributed by atoms with Crippen molar-refractivity contribution in [1.82, 2.24) is 0 Å². The molecule has 7 heteroatoms. The molecule has 4 aromatic carbocycles. The van der Waals surface area contributed by atoms with Gasteiger partial charge in [0.1, 0.15) is 11.5 Å². The van der Waals surface area contributed by atoms with Gasteiger partial charge < -0.3 is 25.2 Å². The number of hydrogen-bond acceptors (Lipinski definition) is 4. The highest BCUT2D eigenvalue weighted by atomic mass is 16.5. The lowest BCUT2D eigenvalue weighted by Crippen LogP contribution is -2.20. The molecular formula is C31H30N2O5. The molecule has 7 nitrogen and oxygen atoms in total. The van der Waals surface area contributed by atoms with Gasteiger partial charge in [-0.2, -0.15) is 0 Å². The van der Waals surface area contributed by atoms with Gasteiger partial charge in [0, 0.05) is 17.3 Å². The SMILES string of the molecule is COc1cccc(NC(=O)Nc2cc(-c3cccc(C(=O)O)c3)ccc2Oc2ccccc2C(C)(C)C)c1. The van der Waals surface area contributed by atoms with Crippen LogP contribution in [0.4, 0.5) is 16.2 Å². The predicted molar refractivity (Wildman–Crippen MR) is 150 cm³/mol. The number of rotatable bonds is 7. The van der Waals surface area contributed by atoms with Crippen molar-refractivity contribution in [2.24, 2.45) is 0 Å². The van der Waals surface area contributed by atoms with Gasteiger partial charge in [0.2, 0.25) is 0 Å². The number of carboxylic acid groups (broad SMARTS) is 1. The van der Waals surface area contributed by atoms with Crippen LogP contribution in [-0.4, -0.2) is 24.2 Å². The van der Waals surface area contributed by atoms with E-state index in [-0.39, 0.29) is 11.0 Å². The molecular weight excluding hydrogens is 480 g/mol. The molecule has 0 spiro atoms. The van der Waals surface area contributed by atoms with Gasteiger partial charge in [0.25, 0.3) is 0 Å². The van der Waals surface area contributed by atoms with Gasteiger partial charge in [-0.1, -0.05) is 63.2 Å². The lowest BCUT2D eigenvalue weighted by atomic mass is 9.86. The van der Waals surface area contributed by atoms with Crippen LogP contribution in [-0.2, 0) is 5.41 Å². The molecule has 0 heterocycles. The first kappa shape index (κ1) is 26.3. The maximum absolute atomic E-state index is 13.0. The van der Waals surface area contributed by atoms with Crippen molar-refractivity contribution in [2.75, 3.05) is 17.7 Å². The molecule has 0 atom stereocenters. The van der Waals surface area contributed by atoms with Crippen molar-refractivity contribution in [1.29, 1.82) is 0 Å². The number of hydrogen-bond donors (Lipinski definition) is 3. The van der Waals surface area contributed by atoms with Crippen LogP contribution in [0.15, 0.2) is 91.0 Å². The third-order valence-electron chi connectivity index (χ3n) is 5.91. The second-order valence-electron chi connectivity index (χ2n) is 9.76. The maximum atomic E-state index is 13.0. The molecule has 38 heavy (non-hydrogen) atoms. The number of anilines is 2. The minimum atomic E-state index is -1.01. The molecule has 194 valence electrons. The number of nitrogens with one attached hydrogen (secondary N) is 2. The average molecular weight is 511 g/mol. The Morgan fingerprint density at radius 3 is 2.24 bits per heavy atom. The molecule has 0 saturated carbocycles. The summed E-state index contributed by atoms with van der Waals surface area (Å²) in [5, 5.41) is 15.1. The molecule has 0 aliphatic heterocycles. The monoisotopic (exact) mass is 510 g/mol. The van der Waals surface area contributed by atoms with E-state index in [2.05, 4.69) is 31.4 Å². The summed E-state index contributed by atoms with van der Waals surface area (Å²) in [6.07, 6.45) is 0. The molecule has 0 aromatic heterocycles. The summed E-state index contributed by atoms with van der Waals surface area (Å²) < 4.78 is 11.6. The summed E-state index contributed by atoms with van der Waals surface area (Å²) in [7, 11) is 1.56. The van der Waals surface area contributed by atoms with Gasteiger partial charge in [0.15, 0.2) is 5.75 Å². The van der Waals surface area contributed by atoms with Gasteiger partial charge in [-0.05, 0) is 59.0 Å². The second-order valence-corrected chi connectivity index (χ2v) is 9.76. The number of aromatic carboxylic acids is 1. The van der Waals surface area contributed by atoms with Crippen molar-refractivity contribution in [2.45, 2.75) is 26.2 Å². The number of carbonyl (C=O) groups excluding carboxylic acids is 1. The number of urea groups is 1. The van der Waals surface area contributed by atoms with E-state index in [4.69, 9.17) is 9.47 Å². The molecule has 0 bridgehead atoms. The Balaban J connectivity index is 1.71. The lowest BCUT2D eigenvalue weighted by molar-refractivity contribution is 0.0697. The normalized spacial score (nSPS) is 10.9. The zero-order valence-corrected chi connectivity index (χ0v) is 21.7. The van der Waals surface area contributed by atoms with Gasteiger partial charge in [-0.15, -0.1) is 0 Å². The van der Waals surface area contributed by atoms with Gasteiger partial charge in [0.05, 0.1) is 18.4 Å². The summed E-state index contributed by atoms with van der Waals surface area (Å²) in [5.74, 6) is 0.727. The minimum absolute atomic E-state index is 0.162. The Kier molecular flexibility index (Phi) is 7.67. The third-order valence-corrected chi connectivity index (χ3v) is 5.91. The first-order valence-electron chi connectivity index (χ1n) is 12.1. The zero-order valence-electron chi connectivity index (χ0n) is 21.7. The Morgan fingerprint density at radius 2 is 1.50 bits per heavy atom. The summed E-state index contributed by atoms with van der Waals surface area (Å²) >= 11 is 0. The highest BCUT2D eigenvalue weighted by Crippen LogP contribution is 2.38. The van der Waals surface area contributed by atoms with Crippen molar-refractivity contribution in [3.8, 4) is 28.4 Å². The fourth-order valence-corrected chi connectivity index (χ4v) is 4.01. The predicted octanol–water partition coefficient (Wildman–Crippen LogP) is 7.79. The van der Waals surface area contributed by atoms with E-state index in [1.165, 1.54) is 6.07 Å². The molecule has 0 unspecified atom stereocenters.